The van der Waals surface area contributed by atoms with Gasteiger partial charge in [-0.1, -0.05) is 128 Å². The molecule has 2 aliphatic heterocycles. The lowest BCUT2D eigenvalue weighted by molar-refractivity contribution is -0.401. The van der Waals surface area contributed by atoms with E-state index in [-0.39, 0.29) is 27.1 Å². The summed E-state index contributed by atoms with van der Waals surface area (Å²) in [6, 6.07) is 41.8. The average Bonchev–Trinajstić information content (AvgIpc) is 3.58. The van der Waals surface area contributed by atoms with Gasteiger partial charge in [0.2, 0.25) is 15.9 Å². The molecule has 1 atom stereocenters. The minimum atomic E-state index is -0.0578. The Morgan fingerprint density at radius 3 is 1.73 bits per heavy atom. The number of thioether (sulfide) groups is 2. The number of carbonyl (C=O) groups excluding carboxylic acids is 2. The first kappa shape index (κ1) is 42.8. The Morgan fingerprint density at radius 1 is 0.667 bits per heavy atom. The Kier molecular flexibility index (Phi) is 12.9. The van der Waals surface area contributed by atoms with Crippen molar-refractivity contribution >= 4 is 74.4 Å². The standard InChI is InChI=1S/C52H57N4O2S2/c1-51(2)43-16-9-11-18-45(43)55(7)47(51)30-24-37-20-26-41(27-21-37)53(5)32-34-59-49(57)39-14-13-15-40(36-39)50(58)60-35-33-54(6)42-28-22-38(23-29-42)25-31-48-52(3,4)44-17-10-12-19-46(44)56(48)8/h9-31,36,47H,32-35H2,1-8H3/q+1/b30-24+. The molecule has 0 N–H and O–H groups in total. The van der Waals surface area contributed by atoms with Gasteiger partial charge in [-0.25, -0.2) is 0 Å². The van der Waals surface area contributed by atoms with E-state index < -0.39 is 0 Å². The van der Waals surface area contributed by atoms with E-state index in [9.17, 15) is 9.59 Å². The lowest BCUT2D eigenvalue weighted by Gasteiger charge is -2.29. The van der Waals surface area contributed by atoms with Gasteiger partial charge in [-0.05, 0) is 73.0 Å². The molecule has 0 fully saturated rings. The number of likely N-dealkylation sites (N-methyl/N-ethyl adjacent to an activating group) is 1. The maximum absolute atomic E-state index is 13.2. The van der Waals surface area contributed by atoms with Crippen LogP contribution in [-0.2, 0) is 10.8 Å². The third-order valence-electron chi connectivity index (χ3n) is 12.3. The van der Waals surface area contributed by atoms with Gasteiger partial charge in [-0.3, -0.25) is 9.59 Å². The van der Waals surface area contributed by atoms with Crippen LogP contribution in [0.15, 0.2) is 133 Å². The molecule has 2 aliphatic rings. The number of carbonyl (C=O) groups is 2. The molecule has 1 unspecified atom stereocenters. The summed E-state index contributed by atoms with van der Waals surface area (Å²) in [5, 5.41) is -0.0451. The van der Waals surface area contributed by atoms with E-state index in [1.807, 2.05) is 0 Å². The fourth-order valence-corrected chi connectivity index (χ4v) is 10.3. The molecule has 0 bridgehead atoms. The van der Waals surface area contributed by atoms with Crippen molar-refractivity contribution in [1.82, 2.24) is 0 Å². The molecule has 0 saturated carbocycles. The molecule has 6 nitrogen and oxygen atoms in total. The zero-order valence-electron chi connectivity index (χ0n) is 36.2. The second kappa shape index (κ2) is 18.1. The number of para-hydroxylation sites is 2. The predicted octanol–water partition coefficient (Wildman–Crippen LogP) is 11.2. The van der Waals surface area contributed by atoms with Crippen molar-refractivity contribution < 1.29 is 14.2 Å². The van der Waals surface area contributed by atoms with Crippen LogP contribution in [0.25, 0.3) is 12.2 Å². The number of rotatable bonds is 14. The number of hydrogen-bond donors (Lipinski definition) is 0. The minimum absolute atomic E-state index is 0.0221. The van der Waals surface area contributed by atoms with Gasteiger partial charge in [0.15, 0.2) is 5.71 Å². The predicted molar refractivity (Wildman–Crippen MR) is 259 cm³/mol. The van der Waals surface area contributed by atoms with Crippen molar-refractivity contribution in [2.45, 2.75) is 44.6 Å². The molecule has 0 spiro atoms. The lowest BCUT2D eigenvalue weighted by atomic mass is 9.80. The molecule has 8 heteroatoms. The first-order valence-electron chi connectivity index (χ1n) is 20.7. The van der Waals surface area contributed by atoms with Crippen molar-refractivity contribution in [3.05, 3.63) is 167 Å². The van der Waals surface area contributed by atoms with Crippen molar-refractivity contribution in [1.29, 1.82) is 0 Å². The van der Waals surface area contributed by atoms with E-state index in [2.05, 4.69) is 197 Å². The van der Waals surface area contributed by atoms with Gasteiger partial charge in [-0.15, -0.1) is 0 Å². The highest BCUT2D eigenvalue weighted by atomic mass is 32.2. The summed E-state index contributed by atoms with van der Waals surface area (Å²) in [6.45, 7) is 10.6. The van der Waals surface area contributed by atoms with Crippen LogP contribution < -0.4 is 14.7 Å². The molecule has 0 saturated heterocycles. The second-order valence-corrected chi connectivity index (χ2v) is 19.1. The van der Waals surface area contributed by atoms with Gasteiger partial charge >= 0.3 is 0 Å². The average molecular weight is 834 g/mol. The topological polar surface area (TPSA) is 46.9 Å². The number of hydrogen-bond acceptors (Lipinski definition) is 7. The Hall–Kier alpha value is -5.31. The van der Waals surface area contributed by atoms with Crippen LogP contribution in [0.1, 0.15) is 70.7 Å². The molecule has 0 aromatic heterocycles. The van der Waals surface area contributed by atoms with Gasteiger partial charge < -0.3 is 14.7 Å². The van der Waals surface area contributed by atoms with Crippen LogP contribution in [-0.4, -0.2) is 79.3 Å². The lowest BCUT2D eigenvalue weighted by Crippen LogP contribution is -2.37. The normalized spacial score (nSPS) is 16.4. The Bertz CT molecular complexity index is 2450. The Labute approximate surface area is 365 Å². The maximum Gasteiger partial charge on any atom is 0.219 e. The van der Waals surface area contributed by atoms with Gasteiger partial charge in [0, 0.05) is 97.0 Å². The summed E-state index contributed by atoms with van der Waals surface area (Å²) in [5.74, 6) is 1.28. The highest BCUT2D eigenvalue weighted by Crippen LogP contribution is 2.45. The molecule has 5 aromatic rings. The van der Waals surface area contributed by atoms with Gasteiger partial charge in [0.05, 0.1) is 11.5 Å². The molecule has 7 rings (SSSR count). The minimum Gasteiger partial charge on any atom is -0.374 e. The van der Waals surface area contributed by atoms with Gasteiger partial charge in [0.1, 0.15) is 7.05 Å². The summed E-state index contributed by atoms with van der Waals surface area (Å²) in [6.07, 6.45) is 8.95. The fourth-order valence-electron chi connectivity index (χ4n) is 8.60. The van der Waals surface area contributed by atoms with E-state index in [1.165, 1.54) is 51.7 Å². The van der Waals surface area contributed by atoms with Crippen LogP contribution >= 0.6 is 23.5 Å². The third kappa shape index (κ3) is 9.05. The Morgan fingerprint density at radius 2 is 1.18 bits per heavy atom. The van der Waals surface area contributed by atoms with E-state index in [4.69, 9.17) is 0 Å². The van der Waals surface area contributed by atoms with E-state index >= 15 is 0 Å². The fraction of sp³-hybridized carbons (Fsp3) is 0.288. The maximum atomic E-state index is 13.2. The highest BCUT2D eigenvalue weighted by molar-refractivity contribution is 8.14. The molecular formula is C52H57N4O2S2+. The molecule has 0 amide bonds. The monoisotopic (exact) mass is 833 g/mol. The smallest absolute Gasteiger partial charge is 0.219 e. The number of nitrogens with zero attached hydrogens (tertiary/aromatic N) is 4. The summed E-state index contributed by atoms with van der Waals surface area (Å²) in [7, 11) is 8.42. The van der Waals surface area contributed by atoms with Crippen molar-refractivity contribution in [3.63, 3.8) is 0 Å². The number of fused-ring (bicyclic) bond motifs is 2. The number of allylic oxidation sites excluding steroid dienone is 1. The third-order valence-corrected chi connectivity index (χ3v) is 14.1. The summed E-state index contributed by atoms with van der Waals surface area (Å²) in [5.41, 5.74) is 12.2. The van der Waals surface area contributed by atoms with Crippen LogP contribution in [0.2, 0.25) is 0 Å². The second-order valence-electron chi connectivity index (χ2n) is 17.0. The largest absolute Gasteiger partial charge is 0.374 e. The zero-order chi connectivity index (χ0) is 42.6. The van der Waals surface area contributed by atoms with Crippen LogP contribution in [0.3, 0.4) is 0 Å². The first-order chi connectivity index (χ1) is 28.8. The van der Waals surface area contributed by atoms with Crippen LogP contribution in [0.5, 0.6) is 0 Å². The number of anilines is 3. The first-order valence-corrected chi connectivity index (χ1v) is 22.7. The van der Waals surface area contributed by atoms with Crippen LogP contribution in [0, 0.1) is 0 Å². The summed E-state index contributed by atoms with van der Waals surface area (Å²) in [4.78, 5) is 33.1. The highest BCUT2D eigenvalue weighted by Gasteiger charge is 2.43. The Balaban J connectivity index is 0.842. The summed E-state index contributed by atoms with van der Waals surface area (Å²) >= 11 is 2.58. The molecule has 60 heavy (non-hydrogen) atoms. The van der Waals surface area contributed by atoms with E-state index in [0.29, 0.717) is 29.2 Å². The van der Waals surface area contributed by atoms with Gasteiger partial charge in [0.25, 0.3) is 0 Å². The SMILES string of the molecule is CN(CCSC(=O)c1cccc(C(=O)SCCN(C)c2ccc(/C=C/C3N(C)c4ccccc4C3(C)C)cc2)c1)c1ccc(/C=C/C2=[N+](C)c3ccccc3C2(C)C)cc1. The van der Waals surface area contributed by atoms with Crippen LogP contribution in [0.4, 0.5) is 22.7 Å². The van der Waals surface area contributed by atoms with Crippen molar-refractivity contribution in [3.8, 4) is 0 Å². The zero-order valence-corrected chi connectivity index (χ0v) is 37.8. The molecule has 2 heterocycles. The summed E-state index contributed by atoms with van der Waals surface area (Å²) < 4.78 is 2.29. The molecule has 308 valence electrons. The van der Waals surface area contributed by atoms with Gasteiger partial charge in [-0.2, -0.15) is 4.58 Å². The molecule has 0 radical (unpaired) electrons. The van der Waals surface area contributed by atoms with Crippen molar-refractivity contribution in [2.75, 3.05) is 67.5 Å². The quantitative estimate of drug-likeness (QED) is 0.103. The molecule has 5 aromatic carbocycles. The molecular weight excluding hydrogens is 777 g/mol. The van der Waals surface area contributed by atoms with E-state index in [1.54, 1.807) is 24.3 Å². The van der Waals surface area contributed by atoms with Crippen molar-refractivity contribution in [2.24, 2.45) is 0 Å². The van der Waals surface area contributed by atoms with E-state index in [0.717, 1.165) is 29.0 Å². The molecule has 0 aliphatic carbocycles. The number of benzene rings is 5.